The summed E-state index contributed by atoms with van der Waals surface area (Å²) in [6.07, 6.45) is 5.25. The molecule has 0 unspecified atom stereocenters. The Morgan fingerprint density at radius 1 is 0.167 bits per heavy atom. The average Bonchev–Trinajstić information content (AvgIpc) is 0.735. The van der Waals surface area contributed by atoms with Crippen LogP contribution in [-0.2, 0) is 157 Å². The molecule has 2 fully saturated rings. The number of hydrogen-bond acceptors (Lipinski definition) is 28. The van der Waals surface area contributed by atoms with Crippen molar-refractivity contribution in [3.05, 3.63) is 303 Å². The van der Waals surface area contributed by atoms with E-state index in [1.54, 1.807) is 159 Å². The van der Waals surface area contributed by atoms with Crippen LogP contribution in [0, 0.1) is 0 Å². The molecule has 12 rings (SSSR count). The van der Waals surface area contributed by atoms with E-state index in [1.165, 1.54) is 277 Å². The van der Waals surface area contributed by atoms with E-state index in [0.717, 1.165) is 44.9 Å². The summed E-state index contributed by atoms with van der Waals surface area (Å²) in [6, 6.07) is 74.4. The van der Waals surface area contributed by atoms with E-state index < -0.39 is 88.0 Å². The first-order valence-electron chi connectivity index (χ1n) is 37.4. The van der Waals surface area contributed by atoms with E-state index in [0.29, 0.717) is 0 Å². The van der Waals surface area contributed by atoms with E-state index in [-0.39, 0.29) is 169 Å². The monoisotopic (exact) mass is 2210 g/mol. The van der Waals surface area contributed by atoms with Gasteiger partial charge >= 0.3 is 112 Å². The third kappa shape index (κ3) is 42.9. The van der Waals surface area contributed by atoms with Crippen molar-refractivity contribution in [1.82, 2.24) is 34.3 Å². The van der Waals surface area contributed by atoms with Crippen molar-refractivity contribution >= 4 is 185 Å². The van der Waals surface area contributed by atoms with Crippen molar-refractivity contribution < 1.29 is 240 Å². The average molecular weight is 2220 g/mol. The number of nitrogens with zero attached hydrogens (tertiary/aromatic N) is 7. The Labute approximate surface area is 853 Å². The van der Waals surface area contributed by atoms with E-state index in [4.69, 9.17) is 41.2 Å². The minimum Gasteiger partial charge on any atom is -0.870 e. The van der Waals surface area contributed by atoms with Crippen LogP contribution in [0.4, 0.5) is 0 Å². The van der Waals surface area contributed by atoms with E-state index in [2.05, 4.69) is 0 Å². The molecule has 0 atom stereocenters. The minimum absolute atomic E-state index is 0. The molecule has 10 aromatic carbocycles. The first-order valence-corrected chi connectivity index (χ1v) is 54.7. The van der Waals surface area contributed by atoms with Gasteiger partial charge in [-0.25, -0.2) is 0 Å². The molecule has 0 saturated carbocycles. The van der Waals surface area contributed by atoms with Crippen molar-refractivity contribution in [2.24, 2.45) is 0 Å². The van der Waals surface area contributed by atoms with Crippen LogP contribution in [-0.4, -0.2) is 271 Å². The topological polar surface area (TPSA) is 495 Å². The third-order valence-corrected chi connectivity index (χ3v) is 47.3. The number of carbonyl (C=O) groups is 7. The van der Waals surface area contributed by atoms with Gasteiger partial charge in [0.05, 0.1) is 0 Å². The SMILES string of the molecule is CN(C)C=O.CN(C)C=O.CN(C)C=O.CN(C)C=O.CN(C)C=O.CN(C)C=O.CN(C)C=O.[Na+].[Ni+2].[Ni+2].[Ni+2].[Ni+2].[Ni+2].[O-][Si]1(c2ccccc2)O[Si]([O-])(c2ccccc2)O[Si]([O-])(c2ccccc2)O[Si]([O-])(c2ccccc2)O[Si]([O-])(c2ccccc2)O1.[O-][Si]1(c2ccccc2)O[Si]([O-])(c2ccccc2)O[Si]([O-])(c2ccccc2)O[Si]([O-])(c2ccccc2)O[Si]([O-])(c2ccccc2)O1.[OH-]. The first-order chi connectivity index (χ1) is 59.0. The fourth-order valence-corrected chi connectivity index (χ4v) is 44.6. The Kier molecular flexibility index (Phi) is 64.2. The Balaban J connectivity index is -0.000000877. The summed E-state index contributed by atoms with van der Waals surface area (Å²) in [5.74, 6) is 0. The van der Waals surface area contributed by atoms with Crippen molar-refractivity contribution in [3.63, 3.8) is 0 Å². The first kappa shape index (κ1) is 132. The van der Waals surface area contributed by atoms with Crippen LogP contribution < -0.4 is 129 Å². The zero-order chi connectivity index (χ0) is 93.2. The normalized spacial score (nSPS) is 22.8. The summed E-state index contributed by atoms with van der Waals surface area (Å²) in [5.41, 5.74) is 0. The van der Waals surface area contributed by atoms with Crippen molar-refractivity contribution in [1.29, 1.82) is 0 Å². The third-order valence-electron chi connectivity index (χ3n) is 15.4. The molecule has 0 radical (unpaired) electrons. The quantitative estimate of drug-likeness (QED) is 0.0603. The van der Waals surface area contributed by atoms with Gasteiger partial charge < -0.3 is 129 Å². The fraction of sp³-hybridized carbons (Fsp3) is 0.173. The summed E-state index contributed by atoms with van der Waals surface area (Å²) >= 11 is 0. The second-order valence-electron chi connectivity index (χ2n) is 27.7. The van der Waals surface area contributed by atoms with Gasteiger partial charge in [0.2, 0.25) is 44.9 Å². The molecule has 2 saturated heterocycles. The van der Waals surface area contributed by atoms with Gasteiger partial charge in [-0.15, -0.1) is 0 Å². The molecule has 51 heteroatoms. The Bertz CT molecular complexity index is 3820. The van der Waals surface area contributed by atoms with E-state index >= 15 is 48.0 Å². The Hall–Kier alpha value is -6.71. The maximum Gasteiger partial charge on any atom is 2.00 e. The molecule has 0 aliphatic carbocycles. The van der Waals surface area contributed by atoms with Gasteiger partial charge in [0, 0.05) is 98.7 Å². The molecule has 2 aliphatic heterocycles. The van der Waals surface area contributed by atoms with Gasteiger partial charge in [-0.05, 0) is 51.9 Å². The van der Waals surface area contributed by atoms with Crippen molar-refractivity contribution in [2.75, 3.05) is 98.7 Å². The van der Waals surface area contributed by atoms with Gasteiger partial charge in [0.1, 0.15) is 0 Å². The number of amides is 7. The number of rotatable bonds is 17. The van der Waals surface area contributed by atoms with Gasteiger partial charge in [-0.3, -0.25) is 33.6 Å². The molecule has 0 spiro atoms. The standard InChI is InChI=1S/2C30H25O10Si5.7C3H7NO.Na.5Ni.H2O/c2*31-41(26-16-6-1-7-17-26)36-42(32,27-18-8-2-9-19-27)38-44(34,29-22-12-4-13-23-29)40-45(35,30-24-14-5-15-25-30)39-43(33,37-41)28-20-10-3-11-21-28;7*1-4(2)3-5;;;;;;;/h2*1-25H;7*3H,1-2H3;;;;;;;1H2/q2*-5;;;;;;;;+1;5*+2;/p-1. The molecule has 132 heavy (non-hydrogen) atoms. The maximum absolute atomic E-state index is 15.0. The van der Waals surface area contributed by atoms with Crippen LogP contribution in [0.5, 0.6) is 0 Å². The fourth-order valence-electron chi connectivity index (χ4n) is 9.58. The van der Waals surface area contributed by atoms with Crippen LogP contribution in [0.3, 0.4) is 0 Å². The van der Waals surface area contributed by atoms with Crippen LogP contribution in [0.2, 0.25) is 0 Å². The van der Waals surface area contributed by atoms with Crippen molar-refractivity contribution in [3.8, 4) is 0 Å². The molecule has 0 aromatic heterocycles. The number of carbonyl (C=O) groups excluding carboxylic acids is 7. The summed E-state index contributed by atoms with van der Waals surface area (Å²) in [7, 11) is -30.4. The van der Waals surface area contributed by atoms with Crippen LogP contribution in [0.15, 0.2) is 303 Å². The molecule has 718 valence electrons. The summed E-state index contributed by atoms with van der Waals surface area (Å²) in [4.78, 5) is 226. The molecule has 2 aliphatic rings. The molecular formula is C81H100N7NaNi5O28Si10. The Morgan fingerprint density at radius 2 is 0.220 bits per heavy atom. The van der Waals surface area contributed by atoms with Crippen LogP contribution in [0.25, 0.3) is 0 Å². The zero-order valence-corrected chi connectivity index (χ0v) is 91.0. The summed E-state index contributed by atoms with van der Waals surface area (Å²) < 4.78 is 59.3. The number of benzene rings is 10. The second-order valence-corrected chi connectivity index (χ2v) is 52.8. The zero-order valence-electron chi connectivity index (χ0n) is 74.1. The molecule has 35 nitrogen and oxygen atoms in total. The molecule has 2 heterocycles. The Morgan fingerprint density at radius 3 is 0.265 bits per heavy atom. The minimum atomic E-state index is -5.40. The smallest absolute Gasteiger partial charge is 0.870 e. The van der Waals surface area contributed by atoms with Gasteiger partial charge in [-0.2, -0.15) is 0 Å². The largest absolute Gasteiger partial charge is 2.00 e. The van der Waals surface area contributed by atoms with E-state index in [9.17, 15) is 33.6 Å². The summed E-state index contributed by atoms with van der Waals surface area (Å²) in [5, 5.41) is -1.23. The van der Waals surface area contributed by atoms with E-state index in [1.807, 2.05) is 0 Å². The predicted molar refractivity (Wildman–Crippen MR) is 469 cm³/mol. The molecule has 1 N–H and O–H groups in total. The molecule has 0 bridgehead atoms. The molecule has 7 amide bonds. The van der Waals surface area contributed by atoms with Crippen molar-refractivity contribution in [2.45, 2.75) is 0 Å². The summed E-state index contributed by atoms with van der Waals surface area (Å²) in [6.45, 7) is 0. The van der Waals surface area contributed by atoms with Crippen LogP contribution >= 0.6 is 0 Å². The number of hydrogen-bond donors (Lipinski definition) is 0. The molecular weight excluding hydrogens is 2120 g/mol. The maximum atomic E-state index is 15.0. The molecule has 10 aromatic rings. The van der Waals surface area contributed by atoms with Gasteiger partial charge in [0.15, 0.2) is 0 Å². The van der Waals surface area contributed by atoms with Gasteiger partial charge in [-0.1, -0.05) is 303 Å². The second kappa shape index (κ2) is 64.4. The van der Waals surface area contributed by atoms with Crippen LogP contribution in [0.1, 0.15) is 0 Å². The predicted octanol–water partition coefficient (Wildman–Crippen LogP) is -13.0. The van der Waals surface area contributed by atoms with Gasteiger partial charge in [0.25, 0.3) is 88.0 Å².